The lowest BCUT2D eigenvalue weighted by Crippen LogP contribution is -2.18. The highest BCUT2D eigenvalue weighted by molar-refractivity contribution is 7.99. The van der Waals surface area contributed by atoms with Gasteiger partial charge in [-0.3, -0.25) is 0 Å². The van der Waals surface area contributed by atoms with Gasteiger partial charge in [0.1, 0.15) is 6.10 Å². The van der Waals surface area contributed by atoms with Crippen LogP contribution in [-0.4, -0.2) is 33.4 Å². The van der Waals surface area contributed by atoms with Crippen molar-refractivity contribution in [1.29, 1.82) is 0 Å². The number of halogens is 1. The molecule has 1 saturated heterocycles. The van der Waals surface area contributed by atoms with Crippen molar-refractivity contribution in [3.8, 4) is 5.69 Å². The highest BCUT2D eigenvalue weighted by Crippen LogP contribution is 2.22. The lowest BCUT2D eigenvalue weighted by Gasteiger charge is -2.08. The quantitative estimate of drug-likeness (QED) is 0.817. The van der Waals surface area contributed by atoms with Gasteiger partial charge >= 0.3 is 5.97 Å². The maximum absolute atomic E-state index is 12.0. The van der Waals surface area contributed by atoms with Crippen molar-refractivity contribution in [3.63, 3.8) is 0 Å². The summed E-state index contributed by atoms with van der Waals surface area (Å²) in [6, 6.07) is 9.00. The van der Waals surface area contributed by atoms with E-state index in [4.69, 9.17) is 16.3 Å². The molecule has 1 unspecified atom stereocenters. The van der Waals surface area contributed by atoms with E-state index in [0.29, 0.717) is 10.7 Å². The zero-order valence-electron chi connectivity index (χ0n) is 10.7. The number of para-hydroxylation sites is 1. The molecule has 1 aliphatic heterocycles. The monoisotopic (exact) mass is 308 g/mol. The highest BCUT2D eigenvalue weighted by atomic mass is 35.5. The number of aromatic nitrogens is 2. The van der Waals surface area contributed by atoms with Crippen LogP contribution in [0.3, 0.4) is 0 Å². The summed E-state index contributed by atoms with van der Waals surface area (Å²) in [6.07, 6.45) is 2.64. The van der Waals surface area contributed by atoms with Crippen molar-refractivity contribution >= 4 is 29.3 Å². The van der Waals surface area contributed by atoms with Crippen molar-refractivity contribution in [1.82, 2.24) is 9.78 Å². The fourth-order valence-corrected chi connectivity index (χ4v) is 3.34. The average molecular weight is 309 g/mol. The van der Waals surface area contributed by atoms with E-state index in [1.165, 1.54) is 0 Å². The predicted octanol–water partition coefficient (Wildman–Crippen LogP) is 3.19. The van der Waals surface area contributed by atoms with Crippen LogP contribution in [0.25, 0.3) is 5.69 Å². The molecule has 104 valence electrons. The molecule has 1 aromatic carbocycles. The molecule has 0 spiro atoms. The normalized spacial score (nSPS) is 18.1. The molecular weight excluding hydrogens is 296 g/mol. The van der Waals surface area contributed by atoms with E-state index < -0.39 is 0 Å². The molecule has 1 fully saturated rings. The SMILES string of the molecule is O=C(OC1CCSC1)c1ccn(-c2ccccc2Cl)n1. The summed E-state index contributed by atoms with van der Waals surface area (Å²) in [7, 11) is 0. The molecular formula is C14H13ClN2O2S. The Bertz CT molecular complexity index is 623. The van der Waals surface area contributed by atoms with Crippen LogP contribution in [0.1, 0.15) is 16.9 Å². The zero-order chi connectivity index (χ0) is 13.9. The molecule has 20 heavy (non-hydrogen) atoms. The Balaban J connectivity index is 1.76. The Hall–Kier alpha value is -1.46. The Morgan fingerprint density at radius 1 is 1.40 bits per heavy atom. The molecule has 1 aromatic heterocycles. The maximum Gasteiger partial charge on any atom is 0.359 e. The number of ether oxygens (including phenoxy) is 1. The van der Waals surface area contributed by atoms with E-state index in [2.05, 4.69) is 5.10 Å². The first-order valence-electron chi connectivity index (χ1n) is 6.33. The van der Waals surface area contributed by atoms with Crippen molar-refractivity contribution in [2.45, 2.75) is 12.5 Å². The van der Waals surface area contributed by atoms with Crippen LogP contribution in [0.5, 0.6) is 0 Å². The summed E-state index contributed by atoms with van der Waals surface area (Å²) in [5.41, 5.74) is 1.05. The Morgan fingerprint density at radius 3 is 3.00 bits per heavy atom. The van der Waals surface area contributed by atoms with E-state index in [1.54, 1.807) is 34.8 Å². The van der Waals surface area contributed by atoms with Gasteiger partial charge in [-0.15, -0.1) is 0 Å². The molecule has 1 aliphatic rings. The molecule has 0 aliphatic carbocycles. The number of carbonyl (C=O) groups excluding carboxylic acids is 1. The van der Waals surface area contributed by atoms with Crippen LogP contribution >= 0.6 is 23.4 Å². The second-order valence-electron chi connectivity index (χ2n) is 4.49. The van der Waals surface area contributed by atoms with Crippen LogP contribution in [0.15, 0.2) is 36.5 Å². The third-order valence-electron chi connectivity index (χ3n) is 3.06. The number of esters is 1. The van der Waals surface area contributed by atoms with Crippen LogP contribution in [-0.2, 0) is 4.74 Å². The number of benzene rings is 1. The average Bonchev–Trinajstić information content (AvgIpc) is 3.10. The molecule has 4 nitrogen and oxygen atoms in total. The van der Waals surface area contributed by atoms with Gasteiger partial charge in [0.2, 0.25) is 0 Å². The number of hydrogen-bond acceptors (Lipinski definition) is 4. The van der Waals surface area contributed by atoms with Gasteiger partial charge < -0.3 is 4.74 Å². The second-order valence-corrected chi connectivity index (χ2v) is 6.04. The van der Waals surface area contributed by atoms with Gasteiger partial charge in [-0.25, -0.2) is 9.48 Å². The number of thioether (sulfide) groups is 1. The minimum absolute atomic E-state index is 0.0120. The van der Waals surface area contributed by atoms with Gasteiger partial charge in [0.25, 0.3) is 0 Å². The number of hydrogen-bond donors (Lipinski definition) is 0. The number of nitrogens with zero attached hydrogens (tertiary/aromatic N) is 2. The molecule has 0 saturated carbocycles. The van der Waals surface area contributed by atoms with Gasteiger partial charge in [0.15, 0.2) is 5.69 Å². The fourth-order valence-electron chi connectivity index (χ4n) is 2.02. The van der Waals surface area contributed by atoms with Crippen LogP contribution in [0, 0.1) is 0 Å². The minimum atomic E-state index is -0.372. The summed E-state index contributed by atoms with van der Waals surface area (Å²) in [5.74, 6) is 1.55. The van der Waals surface area contributed by atoms with E-state index in [0.717, 1.165) is 23.6 Å². The number of rotatable bonds is 3. The zero-order valence-corrected chi connectivity index (χ0v) is 12.2. The molecule has 0 amide bonds. The molecule has 1 atom stereocenters. The van der Waals surface area contributed by atoms with Gasteiger partial charge in [0.05, 0.1) is 10.7 Å². The molecule has 3 rings (SSSR count). The van der Waals surface area contributed by atoms with Crippen molar-refractivity contribution in [2.75, 3.05) is 11.5 Å². The summed E-state index contributed by atoms with van der Waals surface area (Å²) >= 11 is 7.91. The van der Waals surface area contributed by atoms with E-state index in [1.807, 2.05) is 18.2 Å². The molecule has 2 aromatic rings. The fraction of sp³-hybridized carbons (Fsp3) is 0.286. The summed E-state index contributed by atoms with van der Waals surface area (Å²) < 4.78 is 6.99. The first kappa shape index (κ1) is 13.5. The second kappa shape index (κ2) is 5.89. The van der Waals surface area contributed by atoms with Crippen molar-refractivity contribution in [2.24, 2.45) is 0 Å². The summed E-state index contributed by atoms with van der Waals surface area (Å²) in [6.45, 7) is 0. The molecule has 0 N–H and O–H groups in total. The first-order valence-corrected chi connectivity index (χ1v) is 7.86. The van der Waals surface area contributed by atoms with Gasteiger partial charge in [0, 0.05) is 11.9 Å². The third kappa shape index (κ3) is 2.83. The van der Waals surface area contributed by atoms with E-state index in [9.17, 15) is 4.79 Å². The Kier molecular flexibility index (Phi) is 3.98. The Morgan fingerprint density at radius 2 is 2.25 bits per heavy atom. The topological polar surface area (TPSA) is 44.1 Å². The maximum atomic E-state index is 12.0. The number of carbonyl (C=O) groups is 1. The largest absolute Gasteiger partial charge is 0.457 e. The third-order valence-corrected chi connectivity index (χ3v) is 4.51. The smallest absolute Gasteiger partial charge is 0.359 e. The highest BCUT2D eigenvalue weighted by Gasteiger charge is 2.22. The minimum Gasteiger partial charge on any atom is -0.457 e. The standard InChI is InChI=1S/C14H13ClN2O2S/c15-11-3-1-2-4-13(11)17-7-5-12(16-17)14(18)19-10-6-8-20-9-10/h1-5,7,10H,6,8-9H2. The summed E-state index contributed by atoms with van der Waals surface area (Å²) in [5, 5.41) is 4.82. The van der Waals surface area contributed by atoms with Crippen LogP contribution in [0.4, 0.5) is 0 Å². The molecule has 2 heterocycles. The molecule has 6 heteroatoms. The van der Waals surface area contributed by atoms with Crippen LogP contribution in [0.2, 0.25) is 5.02 Å². The molecule has 0 radical (unpaired) electrons. The van der Waals surface area contributed by atoms with Crippen molar-refractivity contribution in [3.05, 3.63) is 47.2 Å². The Labute approximate surface area is 126 Å². The first-order chi connectivity index (χ1) is 9.74. The van der Waals surface area contributed by atoms with Crippen LogP contribution < -0.4 is 0 Å². The van der Waals surface area contributed by atoms with Gasteiger partial charge in [-0.2, -0.15) is 16.9 Å². The van der Waals surface area contributed by atoms with E-state index >= 15 is 0 Å². The van der Waals surface area contributed by atoms with Crippen molar-refractivity contribution < 1.29 is 9.53 Å². The van der Waals surface area contributed by atoms with E-state index in [-0.39, 0.29) is 12.1 Å². The summed E-state index contributed by atoms with van der Waals surface area (Å²) in [4.78, 5) is 12.0. The lowest BCUT2D eigenvalue weighted by atomic mass is 10.3. The van der Waals surface area contributed by atoms with Gasteiger partial charge in [-0.1, -0.05) is 23.7 Å². The predicted molar refractivity (Wildman–Crippen MR) is 79.7 cm³/mol. The van der Waals surface area contributed by atoms with Gasteiger partial charge in [-0.05, 0) is 30.4 Å². The molecule has 0 bridgehead atoms. The lowest BCUT2D eigenvalue weighted by molar-refractivity contribution is 0.0349.